The van der Waals surface area contributed by atoms with Crippen LogP contribution in [0.15, 0.2) is 18.2 Å². The molecule has 0 aromatic heterocycles. The Kier molecular flexibility index (Phi) is 4.25. The Bertz CT molecular complexity index is 506. The molecule has 110 valence electrons. The van der Waals surface area contributed by atoms with E-state index in [4.69, 9.17) is 10.5 Å². The molecule has 6 nitrogen and oxygen atoms in total. The minimum absolute atomic E-state index is 0.0282. The maximum Gasteiger partial charge on any atom is 0.269 e. The van der Waals surface area contributed by atoms with Crippen LogP contribution in [0.2, 0.25) is 0 Å². The Morgan fingerprint density at radius 2 is 2.35 bits per heavy atom. The van der Waals surface area contributed by atoms with Crippen molar-refractivity contribution in [2.24, 2.45) is 11.1 Å². The van der Waals surface area contributed by atoms with Crippen molar-refractivity contribution in [2.75, 3.05) is 13.7 Å². The van der Waals surface area contributed by atoms with Crippen molar-refractivity contribution in [2.45, 2.75) is 31.8 Å². The maximum absolute atomic E-state index is 10.9. The normalized spacial score (nSPS) is 25.6. The summed E-state index contributed by atoms with van der Waals surface area (Å²) >= 11 is 0. The van der Waals surface area contributed by atoms with Gasteiger partial charge in [-0.2, -0.15) is 0 Å². The number of nitrogens with two attached hydrogens (primary N) is 1. The number of ether oxygens (including phenoxy) is 1. The van der Waals surface area contributed by atoms with E-state index in [1.807, 2.05) is 0 Å². The lowest BCUT2D eigenvalue weighted by molar-refractivity contribution is -0.384. The number of nitro benzene ring substituents is 1. The molecule has 2 rings (SSSR count). The number of nitro groups is 1. The van der Waals surface area contributed by atoms with Crippen molar-refractivity contribution in [1.82, 2.24) is 0 Å². The molecule has 0 bridgehead atoms. The van der Waals surface area contributed by atoms with E-state index in [-0.39, 0.29) is 5.69 Å². The summed E-state index contributed by atoms with van der Waals surface area (Å²) in [6, 6.07) is 4.53. The molecule has 0 amide bonds. The summed E-state index contributed by atoms with van der Waals surface area (Å²) in [6.07, 6.45) is 2.52. The fourth-order valence-electron chi connectivity index (χ4n) is 3.03. The van der Waals surface area contributed by atoms with Crippen LogP contribution in [0.5, 0.6) is 5.75 Å². The Labute approximate surface area is 117 Å². The summed E-state index contributed by atoms with van der Waals surface area (Å²) < 4.78 is 5.27. The van der Waals surface area contributed by atoms with Crippen LogP contribution in [0.3, 0.4) is 0 Å². The van der Waals surface area contributed by atoms with E-state index >= 15 is 0 Å². The molecule has 1 aromatic carbocycles. The van der Waals surface area contributed by atoms with Gasteiger partial charge in [-0.1, -0.05) is 6.42 Å². The number of methoxy groups -OCH3 is 1. The van der Waals surface area contributed by atoms with Gasteiger partial charge in [-0.3, -0.25) is 10.1 Å². The van der Waals surface area contributed by atoms with Gasteiger partial charge >= 0.3 is 0 Å². The average molecular weight is 280 g/mol. The van der Waals surface area contributed by atoms with E-state index in [9.17, 15) is 15.2 Å². The average Bonchev–Trinajstić information content (AvgIpc) is 2.80. The Balaban J connectivity index is 2.35. The van der Waals surface area contributed by atoms with Gasteiger partial charge in [0.25, 0.3) is 5.69 Å². The van der Waals surface area contributed by atoms with Crippen LogP contribution in [0.1, 0.15) is 24.8 Å². The highest BCUT2D eigenvalue weighted by atomic mass is 16.6. The molecular weight excluding hydrogens is 260 g/mol. The zero-order chi connectivity index (χ0) is 14.8. The molecule has 0 radical (unpaired) electrons. The third-order valence-corrected chi connectivity index (χ3v) is 4.28. The molecule has 0 aliphatic heterocycles. The van der Waals surface area contributed by atoms with E-state index < -0.39 is 16.4 Å². The molecule has 20 heavy (non-hydrogen) atoms. The van der Waals surface area contributed by atoms with E-state index in [2.05, 4.69) is 0 Å². The molecule has 1 aliphatic rings. The van der Waals surface area contributed by atoms with Crippen LogP contribution in [0, 0.1) is 15.5 Å². The second-order valence-corrected chi connectivity index (χ2v) is 5.40. The first-order chi connectivity index (χ1) is 9.52. The van der Waals surface area contributed by atoms with E-state index in [1.165, 1.54) is 19.2 Å². The summed E-state index contributed by atoms with van der Waals surface area (Å²) in [5.41, 5.74) is 6.22. The predicted octanol–water partition coefficient (Wildman–Crippen LogP) is 1.64. The van der Waals surface area contributed by atoms with Gasteiger partial charge in [0.1, 0.15) is 5.75 Å². The van der Waals surface area contributed by atoms with Gasteiger partial charge in [0.2, 0.25) is 0 Å². The standard InChI is InChI=1S/C14H20N2O4/c1-20-12-5-4-11(16(18)19)7-10(12)8-14(9-15)6-2-3-13(14)17/h4-5,7,13,17H,2-3,6,8-9,15H2,1H3. The Hall–Kier alpha value is -1.66. The lowest BCUT2D eigenvalue weighted by Gasteiger charge is -2.31. The molecule has 0 saturated heterocycles. The van der Waals surface area contributed by atoms with Crippen molar-refractivity contribution in [3.63, 3.8) is 0 Å². The van der Waals surface area contributed by atoms with E-state index in [1.54, 1.807) is 6.07 Å². The minimum atomic E-state index is -0.462. The molecule has 6 heteroatoms. The zero-order valence-corrected chi connectivity index (χ0v) is 11.5. The second-order valence-electron chi connectivity index (χ2n) is 5.40. The summed E-state index contributed by atoms with van der Waals surface area (Å²) in [4.78, 5) is 10.5. The zero-order valence-electron chi connectivity index (χ0n) is 11.5. The number of hydrogen-bond acceptors (Lipinski definition) is 5. The molecule has 2 atom stereocenters. The van der Waals surface area contributed by atoms with Crippen LogP contribution < -0.4 is 10.5 Å². The van der Waals surface area contributed by atoms with Crippen molar-refractivity contribution in [3.05, 3.63) is 33.9 Å². The third kappa shape index (κ3) is 2.62. The van der Waals surface area contributed by atoms with Gasteiger partial charge in [0.05, 0.1) is 18.1 Å². The molecular formula is C14H20N2O4. The van der Waals surface area contributed by atoms with Crippen molar-refractivity contribution < 1.29 is 14.8 Å². The van der Waals surface area contributed by atoms with Crippen LogP contribution in [-0.2, 0) is 6.42 Å². The smallest absolute Gasteiger partial charge is 0.269 e. The molecule has 1 aromatic rings. The van der Waals surface area contributed by atoms with Crippen LogP contribution in [0.25, 0.3) is 0 Å². The first-order valence-corrected chi connectivity index (χ1v) is 6.72. The fraction of sp³-hybridized carbons (Fsp3) is 0.571. The summed E-state index contributed by atoms with van der Waals surface area (Å²) in [5.74, 6) is 0.600. The number of aliphatic hydroxyl groups excluding tert-OH is 1. The Morgan fingerprint density at radius 3 is 2.85 bits per heavy atom. The van der Waals surface area contributed by atoms with Crippen LogP contribution in [0.4, 0.5) is 5.69 Å². The van der Waals surface area contributed by atoms with E-state index in [0.717, 1.165) is 24.8 Å². The largest absolute Gasteiger partial charge is 0.496 e. The maximum atomic E-state index is 10.9. The summed E-state index contributed by atoms with van der Waals surface area (Å²) in [6.45, 7) is 0.361. The quantitative estimate of drug-likeness (QED) is 0.631. The highest BCUT2D eigenvalue weighted by Crippen LogP contribution is 2.42. The first-order valence-electron chi connectivity index (χ1n) is 6.72. The summed E-state index contributed by atoms with van der Waals surface area (Å²) in [5, 5.41) is 21.1. The SMILES string of the molecule is COc1ccc([N+](=O)[O-])cc1CC1(CN)CCCC1O. The topological polar surface area (TPSA) is 98.6 Å². The molecule has 0 spiro atoms. The van der Waals surface area contributed by atoms with E-state index in [0.29, 0.717) is 18.7 Å². The van der Waals surface area contributed by atoms with Crippen molar-refractivity contribution in [3.8, 4) is 5.75 Å². The molecule has 2 unspecified atom stereocenters. The molecule has 1 fully saturated rings. The van der Waals surface area contributed by atoms with Crippen molar-refractivity contribution in [1.29, 1.82) is 0 Å². The highest BCUT2D eigenvalue weighted by Gasteiger charge is 2.41. The number of hydrogen-bond donors (Lipinski definition) is 2. The number of benzene rings is 1. The van der Waals surface area contributed by atoms with Gasteiger partial charge in [-0.15, -0.1) is 0 Å². The fourth-order valence-corrected chi connectivity index (χ4v) is 3.03. The lowest BCUT2D eigenvalue weighted by atomic mass is 9.78. The lowest BCUT2D eigenvalue weighted by Crippen LogP contribution is -2.39. The highest BCUT2D eigenvalue weighted by molar-refractivity contribution is 5.44. The molecule has 1 saturated carbocycles. The number of nitrogens with zero attached hydrogens (tertiary/aromatic N) is 1. The number of non-ortho nitro benzene ring substituents is 1. The summed E-state index contributed by atoms with van der Waals surface area (Å²) in [7, 11) is 1.53. The molecule has 1 aliphatic carbocycles. The molecule has 0 heterocycles. The van der Waals surface area contributed by atoms with Crippen LogP contribution in [-0.4, -0.2) is 29.8 Å². The van der Waals surface area contributed by atoms with Crippen molar-refractivity contribution >= 4 is 5.69 Å². The second kappa shape index (κ2) is 5.76. The van der Waals surface area contributed by atoms with Crippen LogP contribution >= 0.6 is 0 Å². The minimum Gasteiger partial charge on any atom is -0.496 e. The number of aliphatic hydroxyl groups is 1. The van der Waals surface area contributed by atoms with Gasteiger partial charge in [0.15, 0.2) is 0 Å². The van der Waals surface area contributed by atoms with Gasteiger partial charge in [-0.05, 0) is 25.3 Å². The third-order valence-electron chi connectivity index (χ3n) is 4.28. The van der Waals surface area contributed by atoms with Gasteiger partial charge in [-0.25, -0.2) is 0 Å². The Morgan fingerprint density at radius 1 is 1.60 bits per heavy atom. The molecule has 3 N–H and O–H groups in total. The number of rotatable bonds is 5. The van der Waals surface area contributed by atoms with Gasteiger partial charge < -0.3 is 15.6 Å². The first kappa shape index (κ1) is 14.7. The van der Waals surface area contributed by atoms with Gasteiger partial charge in [0, 0.05) is 29.7 Å². The predicted molar refractivity (Wildman–Crippen MR) is 74.7 cm³/mol. The monoisotopic (exact) mass is 280 g/mol.